The zero-order chi connectivity index (χ0) is 8.77. The Hall–Kier alpha value is -0.560. The molecule has 0 aromatic heterocycles. The number of hydrogen-bond donors (Lipinski definition) is 0. The fourth-order valence-corrected chi connectivity index (χ4v) is 1.83. The maximum Gasteiger partial charge on any atom is 0.124 e. The van der Waals surface area contributed by atoms with Gasteiger partial charge in [0, 0.05) is 5.02 Å². The van der Waals surface area contributed by atoms with Crippen LogP contribution >= 0.6 is 11.6 Å². The van der Waals surface area contributed by atoms with Crippen LogP contribution in [0.1, 0.15) is 25.3 Å². The molecule has 1 aliphatic carbocycles. The molecule has 0 unspecified atom stereocenters. The molecule has 0 saturated heterocycles. The monoisotopic (exact) mass is 184 g/mol. The fraction of sp³-hybridized carbons (Fsp3) is 0.400. The standard InChI is InChI=1S/C10H10ClF/c1-10(4-5-10)8-3-2-7(12)6-9(8)11/h2-3,6H,4-5H2,1H3. The van der Waals surface area contributed by atoms with E-state index in [1.807, 2.05) is 0 Å². The van der Waals surface area contributed by atoms with Gasteiger partial charge >= 0.3 is 0 Å². The van der Waals surface area contributed by atoms with E-state index in [9.17, 15) is 4.39 Å². The van der Waals surface area contributed by atoms with Gasteiger partial charge in [0.25, 0.3) is 0 Å². The quantitative estimate of drug-likeness (QED) is 0.627. The Labute approximate surface area is 76.4 Å². The third kappa shape index (κ3) is 1.22. The molecular formula is C10H10ClF. The van der Waals surface area contributed by atoms with Crippen molar-refractivity contribution in [2.75, 3.05) is 0 Å². The number of rotatable bonds is 1. The Morgan fingerprint density at radius 3 is 2.58 bits per heavy atom. The highest BCUT2D eigenvalue weighted by molar-refractivity contribution is 6.31. The summed E-state index contributed by atoms with van der Waals surface area (Å²) < 4.78 is 12.7. The molecule has 0 radical (unpaired) electrons. The van der Waals surface area contributed by atoms with Crippen molar-refractivity contribution in [1.29, 1.82) is 0 Å². The third-order valence-electron chi connectivity index (χ3n) is 2.58. The fourth-order valence-electron chi connectivity index (χ4n) is 1.44. The van der Waals surface area contributed by atoms with Gasteiger partial charge in [-0.2, -0.15) is 0 Å². The zero-order valence-electron chi connectivity index (χ0n) is 6.90. The maximum absolute atomic E-state index is 12.7. The molecule has 1 saturated carbocycles. The second-order valence-electron chi connectivity index (χ2n) is 3.68. The number of benzene rings is 1. The lowest BCUT2D eigenvalue weighted by molar-refractivity contribution is 0.625. The van der Waals surface area contributed by atoms with Gasteiger partial charge in [0.2, 0.25) is 0 Å². The highest BCUT2D eigenvalue weighted by atomic mass is 35.5. The van der Waals surface area contributed by atoms with Crippen molar-refractivity contribution in [2.24, 2.45) is 0 Å². The highest BCUT2D eigenvalue weighted by Crippen LogP contribution is 2.49. The molecule has 1 fully saturated rings. The molecule has 2 heteroatoms. The van der Waals surface area contributed by atoms with Gasteiger partial charge in [-0.3, -0.25) is 0 Å². The van der Waals surface area contributed by atoms with Crippen LogP contribution in [0.5, 0.6) is 0 Å². The molecule has 0 atom stereocenters. The molecule has 1 aliphatic rings. The molecule has 1 aromatic rings. The summed E-state index contributed by atoms with van der Waals surface area (Å²) in [5, 5.41) is 0.565. The van der Waals surface area contributed by atoms with Crippen LogP contribution in [0.15, 0.2) is 18.2 Å². The minimum absolute atomic E-state index is 0.227. The molecule has 0 aliphatic heterocycles. The minimum Gasteiger partial charge on any atom is -0.207 e. The van der Waals surface area contributed by atoms with Gasteiger partial charge in [-0.1, -0.05) is 24.6 Å². The summed E-state index contributed by atoms with van der Waals surface area (Å²) in [7, 11) is 0. The lowest BCUT2D eigenvalue weighted by Gasteiger charge is -2.10. The van der Waals surface area contributed by atoms with E-state index in [1.54, 1.807) is 6.07 Å². The van der Waals surface area contributed by atoms with Crippen LogP contribution in [0.2, 0.25) is 5.02 Å². The van der Waals surface area contributed by atoms with E-state index in [4.69, 9.17) is 11.6 Å². The van der Waals surface area contributed by atoms with Crippen molar-refractivity contribution in [3.63, 3.8) is 0 Å². The van der Waals surface area contributed by atoms with Crippen molar-refractivity contribution < 1.29 is 4.39 Å². The predicted molar refractivity (Wildman–Crippen MR) is 48.0 cm³/mol. The molecule has 0 amide bonds. The molecule has 1 aromatic carbocycles. The normalized spacial score (nSPS) is 19.2. The van der Waals surface area contributed by atoms with E-state index >= 15 is 0 Å². The lowest BCUT2D eigenvalue weighted by Crippen LogP contribution is -2.00. The van der Waals surface area contributed by atoms with Gasteiger partial charge in [-0.15, -0.1) is 0 Å². The zero-order valence-corrected chi connectivity index (χ0v) is 7.66. The van der Waals surface area contributed by atoms with Crippen LogP contribution in [0.3, 0.4) is 0 Å². The molecular weight excluding hydrogens is 175 g/mol. The second-order valence-corrected chi connectivity index (χ2v) is 4.09. The summed E-state index contributed by atoms with van der Waals surface area (Å²) in [5.74, 6) is -0.256. The molecule has 0 N–H and O–H groups in total. The van der Waals surface area contributed by atoms with Gasteiger partial charge in [0.15, 0.2) is 0 Å². The summed E-state index contributed by atoms with van der Waals surface area (Å²) in [6, 6.07) is 4.66. The van der Waals surface area contributed by atoms with Crippen LogP contribution in [0.4, 0.5) is 4.39 Å². The SMILES string of the molecule is CC1(c2ccc(F)cc2Cl)CC1. The van der Waals surface area contributed by atoms with Crippen LogP contribution < -0.4 is 0 Å². The molecule has 2 rings (SSSR count). The molecule has 64 valence electrons. The molecule has 0 spiro atoms. The summed E-state index contributed by atoms with van der Waals surface area (Å²) in [5.41, 5.74) is 1.32. The topological polar surface area (TPSA) is 0 Å². The Morgan fingerprint density at radius 1 is 1.42 bits per heavy atom. The lowest BCUT2D eigenvalue weighted by atomic mass is 9.98. The van der Waals surface area contributed by atoms with E-state index in [0.717, 1.165) is 5.56 Å². The Balaban J connectivity index is 2.45. The smallest absolute Gasteiger partial charge is 0.124 e. The van der Waals surface area contributed by atoms with Crippen LogP contribution in [0, 0.1) is 5.82 Å². The van der Waals surface area contributed by atoms with Gasteiger partial charge in [0.1, 0.15) is 5.82 Å². The summed E-state index contributed by atoms with van der Waals surface area (Å²) in [6.07, 6.45) is 2.33. The van der Waals surface area contributed by atoms with Crippen molar-refractivity contribution in [3.05, 3.63) is 34.6 Å². The first-order valence-corrected chi connectivity index (χ1v) is 4.45. The Morgan fingerprint density at radius 2 is 2.08 bits per heavy atom. The average molecular weight is 185 g/mol. The summed E-state index contributed by atoms with van der Waals surface area (Å²) in [6.45, 7) is 2.16. The number of hydrogen-bond acceptors (Lipinski definition) is 0. The summed E-state index contributed by atoms with van der Waals surface area (Å²) >= 11 is 5.91. The highest BCUT2D eigenvalue weighted by Gasteiger charge is 2.40. The van der Waals surface area contributed by atoms with E-state index in [0.29, 0.717) is 5.02 Å². The third-order valence-corrected chi connectivity index (χ3v) is 2.89. The Kier molecular flexibility index (Phi) is 1.65. The Bertz CT molecular complexity index is 316. The molecule has 12 heavy (non-hydrogen) atoms. The van der Waals surface area contributed by atoms with Gasteiger partial charge in [-0.25, -0.2) is 4.39 Å². The second kappa shape index (κ2) is 2.46. The van der Waals surface area contributed by atoms with Gasteiger partial charge in [0.05, 0.1) is 0 Å². The molecule has 0 heterocycles. The van der Waals surface area contributed by atoms with Crippen LogP contribution in [-0.2, 0) is 5.41 Å². The van der Waals surface area contributed by atoms with E-state index in [2.05, 4.69) is 6.92 Å². The number of halogens is 2. The largest absolute Gasteiger partial charge is 0.207 e. The van der Waals surface area contributed by atoms with Gasteiger partial charge in [-0.05, 0) is 36.0 Å². The van der Waals surface area contributed by atoms with Gasteiger partial charge < -0.3 is 0 Å². The van der Waals surface area contributed by atoms with Crippen LogP contribution in [-0.4, -0.2) is 0 Å². The van der Waals surface area contributed by atoms with Crippen LogP contribution in [0.25, 0.3) is 0 Å². The van der Waals surface area contributed by atoms with E-state index < -0.39 is 0 Å². The minimum atomic E-state index is -0.256. The maximum atomic E-state index is 12.7. The molecule has 0 bridgehead atoms. The summed E-state index contributed by atoms with van der Waals surface area (Å²) in [4.78, 5) is 0. The average Bonchev–Trinajstić information content (AvgIpc) is 2.68. The predicted octanol–water partition coefficient (Wildman–Crippen LogP) is 3.53. The van der Waals surface area contributed by atoms with Crippen molar-refractivity contribution in [2.45, 2.75) is 25.2 Å². The first-order valence-electron chi connectivity index (χ1n) is 4.07. The van der Waals surface area contributed by atoms with Crippen molar-refractivity contribution >= 4 is 11.6 Å². The first kappa shape index (κ1) is 8.06. The molecule has 0 nitrogen and oxygen atoms in total. The van der Waals surface area contributed by atoms with Crippen molar-refractivity contribution in [3.8, 4) is 0 Å². The first-order chi connectivity index (χ1) is 5.62. The van der Waals surface area contributed by atoms with E-state index in [1.165, 1.54) is 25.0 Å². The van der Waals surface area contributed by atoms with E-state index in [-0.39, 0.29) is 11.2 Å². The van der Waals surface area contributed by atoms with Crippen molar-refractivity contribution in [1.82, 2.24) is 0 Å².